The molecule has 1 aliphatic rings. The Morgan fingerprint density at radius 2 is 1.76 bits per heavy atom. The minimum absolute atomic E-state index is 0.134. The summed E-state index contributed by atoms with van der Waals surface area (Å²) in [5.74, 6) is 0.00705. The van der Waals surface area contributed by atoms with E-state index in [1.54, 1.807) is 57.6 Å². The molecule has 0 aliphatic carbocycles. The first-order valence-corrected chi connectivity index (χ1v) is 12.5. The minimum atomic E-state index is -3.98. The molecule has 0 radical (unpaired) electrons. The van der Waals surface area contributed by atoms with Crippen LogP contribution in [-0.4, -0.2) is 69.9 Å². The van der Waals surface area contributed by atoms with Gasteiger partial charge in [-0.05, 0) is 35.7 Å². The molecular formula is C22H23N3O6S2. The van der Waals surface area contributed by atoms with Crippen LogP contribution in [-0.2, 0) is 14.8 Å². The molecule has 4 rings (SSSR count). The van der Waals surface area contributed by atoms with Crippen molar-refractivity contribution in [2.24, 2.45) is 0 Å². The third-order valence-corrected chi connectivity index (χ3v) is 8.46. The average molecular weight is 490 g/mol. The van der Waals surface area contributed by atoms with Crippen LogP contribution in [0.5, 0.6) is 5.75 Å². The van der Waals surface area contributed by atoms with Crippen molar-refractivity contribution in [1.82, 2.24) is 9.80 Å². The molecule has 3 heterocycles. The van der Waals surface area contributed by atoms with E-state index in [0.29, 0.717) is 31.9 Å². The first-order valence-electron chi connectivity index (χ1n) is 10.2. The third-order valence-electron chi connectivity index (χ3n) is 5.32. The largest absolute Gasteiger partial charge is 0.495 e. The van der Waals surface area contributed by atoms with Crippen molar-refractivity contribution >= 4 is 38.9 Å². The van der Waals surface area contributed by atoms with E-state index in [9.17, 15) is 18.0 Å². The van der Waals surface area contributed by atoms with Gasteiger partial charge in [0.15, 0.2) is 5.76 Å². The van der Waals surface area contributed by atoms with Gasteiger partial charge in [0.1, 0.15) is 16.5 Å². The van der Waals surface area contributed by atoms with Crippen molar-refractivity contribution in [3.8, 4) is 5.75 Å². The summed E-state index contributed by atoms with van der Waals surface area (Å²) in [5, 5.41) is 1.67. The number of carbonyl (C=O) groups is 2. The van der Waals surface area contributed by atoms with Gasteiger partial charge >= 0.3 is 0 Å². The fourth-order valence-electron chi connectivity index (χ4n) is 3.59. The molecule has 0 atom stereocenters. The van der Waals surface area contributed by atoms with E-state index >= 15 is 0 Å². The number of sulfonamides is 1. The van der Waals surface area contributed by atoms with Gasteiger partial charge in [0.05, 0.1) is 19.1 Å². The molecule has 0 N–H and O–H groups in total. The summed E-state index contributed by atoms with van der Waals surface area (Å²) >= 11 is 1.08. The lowest BCUT2D eigenvalue weighted by atomic mass is 10.2. The standard InChI is InChI=1S/C22H23N3O6S2/c1-30-18-7-3-2-6-17(18)25(33(28,29)21-9-5-15-32-21)16-20(26)23-10-12-24(13-11-23)22(27)19-8-4-14-31-19/h2-9,14-15H,10-13,16H2,1H3. The number of thiophene rings is 1. The quantitative estimate of drug-likeness (QED) is 0.506. The van der Waals surface area contributed by atoms with Gasteiger partial charge in [0, 0.05) is 26.2 Å². The van der Waals surface area contributed by atoms with Crippen LogP contribution < -0.4 is 9.04 Å². The molecule has 33 heavy (non-hydrogen) atoms. The number of amides is 2. The highest BCUT2D eigenvalue weighted by atomic mass is 32.2. The molecular weight excluding hydrogens is 466 g/mol. The van der Waals surface area contributed by atoms with E-state index < -0.39 is 10.0 Å². The molecule has 1 saturated heterocycles. The zero-order chi connectivity index (χ0) is 23.4. The molecule has 0 bridgehead atoms. The summed E-state index contributed by atoms with van der Waals surface area (Å²) in [6, 6.07) is 13.1. The predicted octanol–water partition coefficient (Wildman–Crippen LogP) is 2.53. The van der Waals surface area contributed by atoms with E-state index in [1.807, 2.05) is 0 Å². The first-order chi connectivity index (χ1) is 15.9. The molecule has 9 nitrogen and oxygen atoms in total. The Morgan fingerprint density at radius 3 is 2.39 bits per heavy atom. The van der Waals surface area contributed by atoms with E-state index in [-0.39, 0.29) is 34.0 Å². The summed E-state index contributed by atoms with van der Waals surface area (Å²) in [4.78, 5) is 28.8. The van der Waals surface area contributed by atoms with E-state index in [1.165, 1.54) is 19.4 Å². The van der Waals surface area contributed by atoms with Crippen molar-refractivity contribution in [3.05, 3.63) is 65.9 Å². The van der Waals surface area contributed by atoms with Crippen molar-refractivity contribution in [2.75, 3.05) is 44.1 Å². The molecule has 2 amide bonds. The number of piperazine rings is 1. The lowest BCUT2D eigenvalue weighted by Gasteiger charge is -2.35. The van der Waals surface area contributed by atoms with Gasteiger partial charge in [-0.25, -0.2) is 8.42 Å². The molecule has 3 aromatic rings. The van der Waals surface area contributed by atoms with Crippen LogP contribution in [0.1, 0.15) is 10.6 Å². The number of methoxy groups -OCH3 is 1. The van der Waals surface area contributed by atoms with Gasteiger partial charge in [-0.3, -0.25) is 13.9 Å². The number of anilines is 1. The Labute approximate surface area is 195 Å². The van der Waals surface area contributed by atoms with Crippen molar-refractivity contribution < 1.29 is 27.2 Å². The third kappa shape index (κ3) is 4.74. The molecule has 2 aromatic heterocycles. The second-order valence-electron chi connectivity index (χ2n) is 7.27. The molecule has 1 aromatic carbocycles. The van der Waals surface area contributed by atoms with Gasteiger partial charge in [0.25, 0.3) is 15.9 Å². The number of hydrogen-bond acceptors (Lipinski definition) is 7. The average Bonchev–Trinajstić information content (AvgIpc) is 3.57. The normalized spacial score (nSPS) is 14.2. The number of rotatable bonds is 7. The zero-order valence-electron chi connectivity index (χ0n) is 17.9. The number of benzene rings is 1. The SMILES string of the molecule is COc1ccccc1N(CC(=O)N1CCN(C(=O)c2ccco2)CC1)S(=O)(=O)c1cccs1. The molecule has 0 unspecified atom stereocenters. The van der Waals surface area contributed by atoms with E-state index in [4.69, 9.17) is 9.15 Å². The van der Waals surface area contributed by atoms with E-state index in [0.717, 1.165) is 15.6 Å². The van der Waals surface area contributed by atoms with Crippen LogP contribution in [0.3, 0.4) is 0 Å². The highest BCUT2D eigenvalue weighted by Crippen LogP contribution is 2.33. The molecule has 0 spiro atoms. The van der Waals surface area contributed by atoms with Gasteiger partial charge < -0.3 is 19.0 Å². The number of ether oxygens (including phenoxy) is 1. The maximum Gasteiger partial charge on any atom is 0.289 e. The second-order valence-corrected chi connectivity index (χ2v) is 10.3. The Balaban J connectivity index is 1.52. The van der Waals surface area contributed by atoms with Gasteiger partial charge in [0.2, 0.25) is 5.91 Å². The summed E-state index contributed by atoms with van der Waals surface area (Å²) in [6.07, 6.45) is 1.44. The summed E-state index contributed by atoms with van der Waals surface area (Å²) in [5.41, 5.74) is 0.286. The maximum absolute atomic E-state index is 13.4. The topological polar surface area (TPSA) is 100 Å². The monoisotopic (exact) mass is 489 g/mol. The predicted molar refractivity (Wildman–Crippen MR) is 123 cm³/mol. The lowest BCUT2D eigenvalue weighted by molar-refractivity contribution is -0.131. The van der Waals surface area contributed by atoms with Crippen LogP contribution >= 0.6 is 11.3 Å². The van der Waals surface area contributed by atoms with Crippen molar-refractivity contribution in [3.63, 3.8) is 0 Å². The summed E-state index contributed by atoms with van der Waals surface area (Å²) in [6.45, 7) is 0.871. The number of nitrogens with zero attached hydrogens (tertiary/aromatic N) is 3. The van der Waals surface area contributed by atoms with Gasteiger partial charge in [-0.1, -0.05) is 18.2 Å². The first kappa shape index (κ1) is 22.9. The fraction of sp³-hybridized carbons (Fsp3) is 0.273. The van der Waals surface area contributed by atoms with Crippen LogP contribution in [0.25, 0.3) is 0 Å². The molecule has 0 saturated carbocycles. The summed E-state index contributed by atoms with van der Waals surface area (Å²) in [7, 11) is -2.53. The smallest absolute Gasteiger partial charge is 0.289 e. The van der Waals surface area contributed by atoms with Crippen LogP contribution in [0.15, 0.2) is 68.8 Å². The molecule has 1 aliphatic heterocycles. The van der Waals surface area contributed by atoms with Crippen molar-refractivity contribution in [2.45, 2.75) is 4.21 Å². The Hall–Kier alpha value is -3.31. The van der Waals surface area contributed by atoms with Gasteiger partial charge in [-0.15, -0.1) is 11.3 Å². The van der Waals surface area contributed by atoms with Crippen molar-refractivity contribution in [1.29, 1.82) is 0 Å². The molecule has 174 valence electrons. The number of para-hydroxylation sites is 2. The minimum Gasteiger partial charge on any atom is -0.495 e. The van der Waals surface area contributed by atoms with Crippen LogP contribution in [0, 0.1) is 0 Å². The molecule has 1 fully saturated rings. The van der Waals surface area contributed by atoms with Crippen LogP contribution in [0.4, 0.5) is 5.69 Å². The lowest BCUT2D eigenvalue weighted by Crippen LogP contribution is -2.53. The van der Waals surface area contributed by atoms with E-state index in [2.05, 4.69) is 0 Å². The molecule has 11 heteroatoms. The number of furan rings is 1. The Bertz CT molecular complexity index is 1200. The Kier molecular flexibility index (Phi) is 6.70. The van der Waals surface area contributed by atoms with Crippen LogP contribution in [0.2, 0.25) is 0 Å². The zero-order valence-corrected chi connectivity index (χ0v) is 19.5. The highest BCUT2D eigenvalue weighted by Gasteiger charge is 2.33. The number of carbonyl (C=O) groups excluding carboxylic acids is 2. The van der Waals surface area contributed by atoms with Gasteiger partial charge in [-0.2, -0.15) is 0 Å². The second kappa shape index (κ2) is 9.67. The maximum atomic E-state index is 13.4. The fourth-order valence-corrected chi connectivity index (χ4v) is 6.12. The summed E-state index contributed by atoms with van der Waals surface area (Å²) < 4.78 is 38.5. The highest BCUT2D eigenvalue weighted by molar-refractivity contribution is 7.94. The Morgan fingerprint density at radius 1 is 1.03 bits per heavy atom. The number of hydrogen-bond donors (Lipinski definition) is 0.